The normalized spacial score (nSPS) is 10.6. The number of aromatic hydroxyl groups is 2. The Bertz CT molecular complexity index is 464. The molecule has 0 fully saturated rings. The van der Waals surface area contributed by atoms with Crippen molar-refractivity contribution in [3.05, 3.63) is 18.3 Å². The predicted octanol–water partition coefficient (Wildman–Crippen LogP) is 0.896. The van der Waals surface area contributed by atoms with E-state index in [0.29, 0.717) is 17.5 Å². The molecule has 1 aromatic carbocycles. The number of nitrogens with zero attached hydrogens (tertiary/aromatic N) is 2. The third-order valence-electron chi connectivity index (χ3n) is 1.88. The Labute approximate surface area is 80.1 Å². The fourth-order valence-corrected chi connectivity index (χ4v) is 1.25. The summed E-state index contributed by atoms with van der Waals surface area (Å²) in [4.78, 5) is 6.48. The number of hydrogen-bond donors (Lipinski definition) is 2. The lowest BCUT2D eigenvalue weighted by Crippen LogP contribution is -2.11. The summed E-state index contributed by atoms with van der Waals surface area (Å²) < 4.78 is 0. The number of fused-ring (bicyclic) bond motifs is 1. The van der Waals surface area contributed by atoms with Crippen LogP contribution in [0.5, 0.6) is 11.5 Å². The molecule has 0 saturated heterocycles. The van der Waals surface area contributed by atoms with E-state index in [1.165, 1.54) is 17.0 Å². The molecule has 0 radical (unpaired) electrons. The van der Waals surface area contributed by atoms with Crippen molar-refractivity contribution >= 4 is 10.9 Å². The maximum Gasteiger partial charge on any atom is 0.159 e. The minimum atomic E-state index is -0.182. The molecule has 0 atom stereocenters. The van der Waals surface area contributed by atoms with Gasteiger partial charge in [0.25, 0.3) is 0 Å². The summed E-state index contributed by atoms with van der Waals surface area (Å²) in [6.07, 6.45) is 1.56. The van der Waals surface area contributed by atoms with Crippen molar-refractivity contribution in [1.29, 1.82) is 0 Å². The lowest BCUT2D eigenvalue weighted by atomic mass is 10.2. The van der Waals surface area contributed by atoms with Crippen LogP contribution in [0.2, 0.25) is 0 Å². The van der Waals surface area contributed by atoms with Gasteiger partial charge >= 0.3 is 0 Å². The van der Waals surface area contributed by atoms with Crippen molar-refractivity contribution < 1.29 is 15.1 Å². The van der Waals surface area contributed by atoms with Crippen LogP contribution in [0.25, 0.3) is 10.9 Å². The molecule has 0 bridgehead atoms. The molecule has 5 heteroatoms. The second-order valence-electron chi connectivity index (χ2n) is 2.84. The average Bonchev–Trinajstić information content (AvgIpc) is 2.51. The molecule has 5 nitrogen and oxygen atoms in total. The van der Waals surface area contributed by atoms with Crippen LogP contribution in [-0.4, -0.2) is 26.8 Å². The molecule has 0 aliphatic heterocycles. The third kappa shape index (κ3) is 1.22. The highest BCUT2D eigenvalue weighted by molar-refractivity contribution is 5.82. The summed E-state index contributed by atoms with van der Waals surface area (Å²) >= 11 is 0. The molecule has 1 aromatic heterocycles. The van der Waals surface area contributed by atoms with Gasteiger partial charge in [-0.05, 0) is 13.0 Å². The Balaban J connectivity index is 2.61. The molecule has 0 aliphatic carbocycles. The average molecular weight is 194 g/mol. The molecule has 0 saturated carbocycles. The monoisotopic (exact) mass is 194 g/mol. The second kappa shape index (κ2) is 3.10. The van der Waals surface area contributed by atoms with Gasteiger partial charge in [0.2, 0.25) is 0 Å². The molecule has 14 heavy (non-hydrogen) atoms. The predicted molar refractivity (Wildman–Crippen MR) is 50.2 cm³/mol. The summed E-state index contributed by atoms with van der Waals surface area (Å²) in [5.41, 5.74) is 0.627. The van der Waals surface area contributed by atoms with Crippen LogP contribution in [0, 0.1) is 0 Å². The van der Waals surface area contributed by atoms with E-state index < -0.39 is 0 Å². The largest absolute Gasteiger partial charge is 0.504 e. The van der Waals surface area contributed by atoms with Crippen molar-refractivity contribution in [3.63, 3.8) is 0 Å². The Kier molecular flexibility index (Phi) is 1.92. The first-order valence-electron chi connectivity index (χ1n) is 4.25. The van der Waals surface area contributed by atoms with E-state index >= 15 is 0 Å². The van der Waals surface area contributed by atoms with Gasteiger partial charge in [-0.3, -0.25) is 0 Å². The number of rotatable bonds is 2. The summed E-state index contributed by atoms with van der Waals surface area (Å²) in [6, 6.07) is 2.85. The highest BCUT2D eigenvalue weighted by Crippen LogP contribution is 2.29. The molecule has 0 unspecified atom stereocenters. The lowest BCUT2D eigenvalue weighted by molar-refractivity contribution is 0.103. The summed E-state index contributed by atoms with van der Waals surface area (Å²) in [5.74, 6) is -0.340. The summed E-state index contributed by atoms with van der Waals surface area (Å²) in [7, 11) is 0. The number of benzene rings is 1. The van der Waals surface area contributed by atoms with Crippen LogP contribution in [0.3, 0.4) is 0 Å². The standard InChI is InChI=1S/C9H10N2O3/c1-2-14-11-7-4-9(13)8(12)3-6(7)5-10-11/h3-5,12-13H,2H2,1H3. The van der Waals surface area contributed by atoms with Gasteiger partial charge in [0, 0.05) is 11.5 Å². The first-order valence-corrected chi connectivity index (χ1v) is 4.25. The fraction of sp³-hybridized carbons (Fsp3) is 0.222. The molecule has 2 aromatic rings. The van der Waals surface area contributed by atoms with E-state index in [0.717, 1.165) is 0 Å². The minimum absolute atomic E-state index is 0.159. The third-order valence-corrected chi connectivity index (χ3v) is 1.88. The Morgan fingerprint density at radius 2 is 2.07 bits per heavy atom. The van der Waals surface area contributed by atoms with Crippen LogP contribution in [0.15, 0.2) is 18.3 Å². The van der Waals surface area contributed by atoms with Crippen molar-refractivity contribution in [2.75, 3.05) is 6.61 Å². The van der Waals surface area contributed by atoms with Gasteiger partial charge in [-0.1, -0.05) is 4.85 Å². The zero-order valence-corrected chi connectivity index (χ0v) is 7.64. The highest BCUT2D eigenvalue weighted by Gasteiger charge is 2.07. The molecular weight excluding hydrogens is 184 g/mol. The molecule has 0 amide bonds. The van der Waals surface area contributed by atoms with Gasteiger partial charge in [-0.25, -0.2) is 0 Å². The molecule has 74 valence electrons. The van der Waals surface area contributed by atoms with E-state index in [4.69, 9.17) is 4.84 Å². The van der Waals surface area contributed by atoms with Gasteiger partial charge in [-0.2, -0.15) is 0 Å². The number of phenols is 2. The van der Waals surface area contributed by atoms with Gasteiger partial charge in [-0.15, -0.1) is 5.10 Å². The van der Waals surface area contributed by atoms with Crippen LogP contribution in [0.4, 0.5) is 0 Å². The van der Waals surface area contributed by atoms with E-state index in [1.807, 2.05) is 6.92 Å². The second-order valence-corrected chi connectivity index (χ2v) is 2.84. The van der Waals surface area contributed by atoms with Gasteiger partial charge < -0.3 is 15.1 Å². The number of phenolic OH excluding ortho intramolecular Hbond substituents is 2. The van der Waals surface area contributed by atoms with E-state index in [9.17, 15) is 10.2 Å². The Morgan fingerprint density at radius 3 is 2.79 bits per heavy atom. The van der Waals surface area contributed by atoms with Gasteiger partial charge in [0.15, 0.2) is 11.5 Å². The van der Waals surface area contributed by atoms with E-state index in [-0.39, 0.29) is 11.5 Å². The first kappa shape index (κ1) is 8.68. The number of aromatic nitrogens is 2. The Morgan fingerprint density at radius 1 is 1.36 bits per heavy atom. The van der Waals surface area contributed by atoms with Crippen LogP contribution < -0.4 is 4.84 Å². The van der Waals surface area contributed by atoms with E-state index in [1.54, 1.807) is 6.20 Å². The SMILES string of the molecule is CCOn1ncc2cc(O)c(O)cc21. The van der Waals surface area contributed by atoms with Crippen molar-refractivity contribution in [2.24, 2.45) is 0 Å². The smallest absolute Gasteiger partial charge is 0.159 e. The first-order chi connectivity index (χ1) is 6.72. The molecule has 2 rings (SSSR count). The van der Waals surface area contributed by atoms with E-state index in [2.05, 4.69) is 5.10 Å². The maximum absolute atomic E-state index is 9.28. The van der Waals surface area contributed by atoms with Crippen LogP contribution in [-0.2, 0) is 0 Å². The quantitative estimate of drug-likeness (QED) is 0.697. The Hall–Kier alpha value is -1.91. The van der Waals surface area contributed by atoms with Crippen molar-refractivity contribution in [2.45, 2.75) is 6.92 Å². The zero-order chi connectivity index (χ0) is 10.1. The van der Waals surface area contributed by atoms with Crippen molar-refractivity contribution in [3.8, 4) is 11.5 Å². The van der Waals surface area contributed by atoms with Crippen LogP contribution >= 0.6 is 0 Å². The molecule has 2 N–H and O–H groups in total. The summed E-state index contributed by atoms with van der Waals surface area (Å²) in [5, 5.41) is 23.2. The topological polar surface area (TPSA) is 67.5 Å². The molecule has 0 aliphatic rings. The van der Waals surface area contributed by atoms with Gasteiger partial charge in [0.1, 0.15) is 12.1 Å². The van der Waals surface area contributed by atoms with Crippen LogP contribution in [0.1, 0.15) is 6.92 Å². The number of hydrogen-bond acceptors (Lipinski definition) is 4. The molecule has 1 heterocycles. The minimum Gasteiger partial charge on any atom is -0.504 e. The highest BCUT2D eigenvalue weighted by atomic mass is 16.7. The zero-order valence-electron chi connectivity index (χ0n) is 7.64. The lowest BCUT2D eigenvalue weighted by Gasteiger charge is -2.03. The molecule has 0 spiro atoms. The van der Waals surface area contributed by atoms with Gasteiger partial charge in [0.05, 0.1) is 6.20 Å². The maximum atomic E-state index is 9.28. The van der Waals surface area contributed by atoms with Crippen molar-refractivity contribution in [1.82, 2.24) is 9.94 Å². The fourth-order valence-electron chi connectivity index (χ4n) is 1.25. The molecular formula is C9H10N2O3. The summed E-state index contributed by atoms with van der Waals surface area (Å²) in [6.45, 7) is 2.33.